The first-order valence-corrected chi connectivity index (χ1v) is 7.06. The Labute approximate surface area is 128 Å². The van der Waals surface area contributed by atoms with Crippen LogP contribution in [0.3, 0.4) is 0 Å². The number of carbonyl (C=O) groups is 1. The summed E-state index contributed by atoms with van der Waals surface area (Å²) in [7, 11) is 0. The van der Waals surface area contributed by atoms with E-state index >= 15 is 0 Å². The van der Waals surface area contributed by atoms with E-state index in [-0.39, 0.29) is 0 Å². The smallest absolute Gasteiger partial charge is 0.150 e. The lowest BCUT2D eigenvalue weighted by atomic mass is 10.1. The third-order valence-electron chi connectivity index (χ3n) is 3.38. The van der Waals surface area contributed by atoms with Gasteiger partial charge in [0.15, 0.2) is 0 Å². The number of nitrogens with zero attached hydrogens (tertiary/aromatic N) is 3. The number of nitrogens with one attached hydrogen (secondary N) is 2. The van der Waals surface area contributed by atoms with Gasteiger partial charge in [0.1, 0.15) is 17.9 Å². The van der Waals surface area contributed by atoms with Gasteiger partial charge < -0.3 is 9.97 Å². The molecule has 0 aliphatic rings. The number of aldehydes is 1. The molecule has 3 rings (SSSR count). The molecule has 0 saturated carbocycles. The van der Waals surface area contributed by atoms with Crippen LogP contribution < -0.4 is 0 Å². The van der Waals surface area contributed by atoms with Gasteiger partial charge in [0, 0.05) is 36.9 Å². The first-order valence-electron chi connectivity index (χ1n) is 7.06. The van der Waals surface area contributed by atoms with Crippen LogP contribution in [0.25, 0.3) is 0 Å². The van der Waals surface area contributed by atoms with Crippen molar-refractivity contribution in [1.29, 1.82) is 0 Å². The van der Waals surface area contributed by atoms with E-state index in [0.29, 0.717) is 18.7 Å². The standard InChI is InChI=1S/C16H17N5O/c22-12-14-3-1-13(2-4-14)9-21(10-15-17-5-6-18-15)11-16-19-7-8-20-16/h1-8,12H,9-11H2,(H,17,18)(H,19,20). The Morgan fingerprint density at radius 1 is 0.909 bits per heavy atom. The van der Waals surface area contributed by atoms with Crippen LogP contribution in [0.1, 0.15) is 27.6 Å². The molecule has 2 aromatic heterocycles. The van der Waals surface area contributed by atoms with Gasteiger partial charge >= 0.3 is 0 Å². The molecule has 0 fully saturated rings. The van der Waals surface area contributed by atoms with Crippen LogP contribution >= 0.6 is 0 Å². The largest absolute Gasteiger partial charge is 0.348 e. The SMILES string of the molecule is O=Cc1ccc(CN(Cc2ncc[nH]2)Cc2ncc[nH]2)cc1. The van der Waals surface area contributed by atoms with Crippen molar-refractivity contribution in [3.63, 3.8) is 0 Å². The molecule has 0 radical (unpaired) electrons. The van der Waals surface area contributed by atoms with Crippen LogP contribution in [0.4, 0.5) is 0 Å². The number of aromatic amines is 2. The van der Waals surface area contributed by atoms with Crippen LogP contribution in [0.2, 0.25) is 0 Å². The zero-order valence-corrected chi connectivity index (χ0v) is 12.1. The molecular formula is C16H17N5O. The maximum Gasteiger partial charge on any atom is 0.150 e. The van der Waals surface area contributed by atoms with Crippen LogP contribution in [0.15, 0.2) is 49.1 Å². The summed E-state index contributed by atoms with van der Waals surface area (Å²) in [5.74, 6) is 1.83. The van der Waals surface area contributed by atoms with Gasteiger partial charge in [0.2, 0.25) is 0 Å². The van der Waals surface area contributed by atoms with Crippen LogP contribution in [-0.4, -0.2) is 31.1 Å². The summed E-state index contributed by atoms with van der Waals surface area (Å²) in [6.45, 7) is 2.15. The molecule has 0 atom stereocenters. The van der Waals surface area contributed by atoms with Crippen molar-refractivity contribution in [2.75, 3.05) is 0 Å². The number of rotatable bonds is 7. The van der Waals surface area contributed by atoms with Crippen molar-refractivity contribution in [3.8, 4) is 0 Å². The van der Waals surface area contributed by atoms with E-state index in [1.807, 2.05) is 36.7 Å². The molecule has 1 aromatic carbocycles. The zero-order valence-electron chi connectivity index (χ0n) is 12.1. The van der Waals surface area contributed by atoms with E-state index in [9.17, 15) is 4.79 Å². The lowest BCUT2D eigenvalue weighted by Gasteiger charge is -2.20. The Bertz CT molecular complexity index is 652. The molecule has 112 valence electrons. The Morgan fingerprint density at radius 2 is 1.50 bits per heavy atom. The van der Waals surface area contributed by atoms with Crippen molar-refractivity contribution in [2.24, 2.45) is 0 Å². The van der Waals surface area contributed by atoms with Gasteiger partial charge in [-0.25, -0.2) is 9.97 Å². The summed E-state index contributed by atoms with van der Waals surface area (Å²) in [5, 5.41) is 0. The topological polar surface area (TPSA) is 77.7 Å². The van der Waals surface area contributed by atoms with E-state index in [4.69, 9.17) is 0 Å². The summed E-state index contributed by atoms with van der Waals surface area (Å²) < 4.78 is 0. The number of aromatic nitrogens is 4. The molecule has 0 bridgehead atoms. The predicted octanol–water partition coefficient (Wildman–Crippen LogP) is 2.15. The van der Waals surface area contributed by atoms with Gasteiger partial charge in [-0.2, -0.15) is 0 Å². The maximum absolute atomic E-state index is 10.7. The average Bonchev–Trinajstić information content (AvgIpc) is 3.22. The molecule has 2 N–H and O–H groups in total. The number of imidazole rings is 2. The Hall–Kier alpha value is -2.73. The minimum absolute atomic E-state index is 0.687. The third kappa shape index (κ3) is 3.67. The summed E-state index contributed by atoms with van der Waals surface area (Å²) in [5.41, 5.74) is 1.83. The number of H-pyrrole nitrogens is 2. The van der Waals surface area contributed by atoms with Crippen LogP contribution in [-0.2, 0) is 19.6 Å². The number of hydrogen-bond acceptors (Lipinski definition) is 4. The predicted molar refractivity (Wildman–Crippen MR) is 82.0 cm³/mol. The van der Waals surface area contributed by atoms with Gasteiger partial charge in [-0.05, 0) is 5.56 Å². The monoisotopic (exact) mass is 295 g/mol. The molecule has 0 unspecified atom stereocenters. The fourth-order valence-corrected chi connectivity index (χ4v) is 2.32. The zero-order chi connectivity index (χ0) is 15.2. The summed E-state index contributed by atoms with van der Waals surface area (Å²) in [6.07, 6.45) is 7.99. The fourth-order valence-electron chi connectivity index (χ4n) is 2.32. The highest BCUT2D eigenvalue weighted by molar-refractivity contribution is 5.74. The number of carbonyl (C=O) groups excluding carboxylic acids is 1. The number of hydrogen-bond donors (Lipinski definition) is 2. The van der Waals surface area contributed by atoms with Gasteiger partial charge in [-0.1, -0.05) is 24.3 Å². The second-order valence-corrected chi connectivity index (χ2v) is 5.08. The molecule has 0 aliphatic carbocycles. The van der Waals surface area contributed by atoms with E-state index < -0.39 is 0 Å². The first kappa shape index (κ1) is 14.2. The second kappa shape index (κ2) is 6.82. The number of benzene rings is 1. The van der Waals surface area contributed by atoms with Crippen molar-refractivity contribution in [3.05, 3.63) is 71.8 Å². The quantitative estimate of drug-likeness (QED) is 0.655. The highest BCUT2D eigenvalue weighted by atomic mass is 16.1. The van der Waals surface area contributed by atoms with E-state index in [1.165, 1.54) is 0 Å². The van der Waals surface area contributed by atoms with Crippen molar-refractivity contribution < 1.29 is 4.79 Å². The van der Waals surface area contributed by atoms with E-state index in [1.54, 1.807) is 12.4 Å². The molecule has 6 heteroatoms. The highest BCUT2D eigenvalue weighted by Gasteiger charge is 2.11. The van der Waals surface area contributed by atoms with E-state index in [0.717, 1.165) is 30.0 Å². The molecular weight excluding hydrogens is 278 g/mol. The van der Waals surface area contributed by atoms with Crippen molar-refractivity contribution in [2.45, 2.75) is 19.6 Å². The lowest BCUT2D eigenvalue weighted by molar-refractivity contribution is 0.112. The molecule has 0 amide bonds. The Kier molecular flexibility index (Phi) is 4.41. The molecule has 0 spiro atoms. The second-order valence-electron chi connectivity index (χ2n) is 5.08. The molecule has 6 nitrogen and oxygen atoms in total. The van der Waals surface area contributed by atoms with E-state index in [2.05, 4.69) is 24.8 Å². The fraction of sp³-hybridized carbons (Fsp3) is 0.188. The van der Waals surface area contributed by atoms with Crippen LogP contribution in [0.5, 0.6) is 0 Å². The Balaban J connectivity index is 1.72. The third-order valence-corrected chi connectivity index (χ3v) is 3.38. The molecule has 22 heavy (non-hydrogen) atoms. The average molecular weight is 295 g/mol. The summed E-state index contributed by atoms with van der Waals surface area (Å²) in [6, 6.07) is 7.61. The highest BCUT2D eigenvalue weighted by Crippen LogP contribution is 2.11. The van der Waals surface area contributed by atoms with Crippen molar-refractivity contribution in [1.82, 2.24) is 24.8 Å². The van der Waals surface area contributed by atoms with Crippen molar-refractivity contribution >= 4 is 6.29 Å². The Morgan fingerprint density at radius 3 is 1.95 bits per heavy atom. The molecule has 2 heterocycles. The maximum atomic E-state index is 10.7. The molecule has 3 aromatic rings. The van der Waals surface area contributed by atoms with Gasteiger partial charge in [-0.3, -0.25) is 9.69 Å². The van der Waals surface area contributed by atoms with Gasteiger partial charge in [0.25, 0.3) is 0 Å². The van der Waals surface area contributed by atoms with Crippen LogP contribution in [0, 0.1) is 0 Å². The minimum atomic E-state index is 0.687. The first-order chi connectivity index (χ1) is 10.8. The normalized spacial score (nSPS) is 11.0. The lowest BCUT2D eigenvalue weighted by Crippen LogP contribution is -2.23. The molecule has 0 aliphatic heterocycles. The van der Waals surface area contributed by atoms with Gasteiger partial charge in [0.05, 0.1) is 13.1 Å². The summed E-state index contributed by atoms with van der Waals surface area (Å²) in [4.78, 5) is 27.8. The summed E-state index contributed by atoms with van der Waals surface area (Å²) >= 11 is 0. The minimum Gasteiger partial charge on any atom is -0.348 e. The van der Waals surface area contributed by atoms with Gasteiger partial charge in [-0.15, -0.1) is 0 Å². The molecule has 0 saturated heterocycles.